The number of carbonyl (C=O) groups excluding carboxylic acids is 1. The Balaban J connectivity index is 2.03. The third-order valence-electron chi connectivity index (χ3n) is 4.40. The highest BCUT2D eigenvalue weighted by molar-refractivity contribution is 6.32. The standard InChI is InChI=1S/C21H19ClO5/c1-12-15-10-17(22)19(26-13(2)20(23)25-3)11-18(15)27-21(24)16(12)9-14-7-5-4-6-8-14/h4-8,10-11,13H,9H2,1-3H3/t13-/m1/s1. The van der Waals surface area contributed by atoms with Gasteiger partial charge in [0.05, 0.1) is 12.1 Å². The van der Waals surface area contributed by atoms with Crippen LogP contribution in [0, 0.1) is 6.92 Å². The highest BCUT2D eigenvalue weighted by Crippen LogP contribution is 2.33. The number of benzene rings is 2. The van der Waals surface area contributed by atoms with Gasteiger partial charge < -0.3 is 13.9 Å². The summed E-state index contributed by atoms with van der Waals surface area (Å²) in [5.41, 5.74) is 2.36. The van der Waals surface area contributed by atoms with Gasteiger partial charge in [0.1, 0.15) is 11.3 Å². The van der Waals surface area contributed by atoms with E-state index in [4.69, 9.17) is 20.8 Å². The molecule has 0 aliphatic carbocycles. The number of esters is 1. The van der Waals surface area contributed by atoms with Crippen LogP contribution in [0.3, 0.4) is 0 Å². The van der Waals surface area contributed by atoms with E-state index in [1.54, 1.807) is 13.0 Å². The van der Waals surface area contributed by atoms with Crippen LogP contribution < -0.4 is 10.4 Å². The maximum Gasteiger partial charge on any atom is 0.346 e. The number of hydrogen-bond acceptors (Lipinski definition) is 5. The van der Waals surface area contributed by atoms with E-state index in [9.17, 15) is 9.59 Å². The van der Waals surface area contributed by atoms with Crippen LogP contribution in [0.25, 0.3) is 11.0 Å². The Labute approximate surface area is 161 Å². The fraction of sp³-hybridized carbons (Fsp3) is 0.238. The molecule has 1 aromatic heterocycles. The van der Waals surface area contributed by atoms with Gasteiger partial charge in [0.15, 0.2) is 6.10 Å². The number of ether oxygens (including phenoxy) is 2. The second-order valence-corrected chi connectivity index (χ2v) is 6.62. The molecule has 1 atom stereocenters. The van der Waals surface area contributed by atoms with Gasteiger partial charge >= 0.3 is 11.6 Å². The molecule has 140 valence electrons. The predicted octanol–water partition coefficient (Wildman–Crippen LogP) is 4.29. The van der Waals surface area contributed by atoms with Gasteiger partial charge in [-0.05, 0) is 31.0 Å². The van der Waals surface area contributed by atoms with Crippen LogP contribution >= 0.6 is 11.6 Å². The Hall–Kier alpha value is -2.79. The molecule has 0 saturated heterocycles. The van der Waals surface area contributed by atoms with Crippen LogP contribution in [0.15, 0.2) is 51.7 Å². The minimum Gasteiger partial charge on any atom is -0.477 e. The minimum atomic E-state index is -0.838. The second-order valence-electron chi connectivity index (χ2n) is 6.22. The zero-order valence-corrected chi connectivity index (χ0v) is 16.0. The molecule has 0 saturated carbocycles. The average molecular weight is 387 g/mol. The van der Waals surface area contributed by atoms with Crippen molar-refractivity contribution in [3.05, 3.63) is 74.6 Å². The molecule has 6 heteroatoms. The number of methoxy groups -OCH3 is 1. The molecule has 0 unspecified atom stereocenters. The minimum absolute atomic E-state index is 0.250. The first kappa shape index (κ1) is 19.0. The summed E-state index contributed by atoms with van der Waals surface area (Å²) in [5, 5.41) is 1.05. The molecule has 0 fully saturated rings. The van der Waals surface area contributed by atoms with Crippen LogP contribution in [-0.4, -0.2) is 19.2 Å². The highest BCUT2D eigenvalue weighted by atomic mass is 35.5. The molecule has 1 heterocycles. The Bertz CT molecular complexity index is 1040. The van der Waals surface area contributed by atoms with Crippen LogP contribution in [0.1, 0.15) is 23.6 Å². The SMILES string of the molecule is COC(=O)[C@@H](C)Oc1cc2oc(=O)c(Cc3ccccc3)c(C)c2cc1Cl. The van der Waals surface area contributed by atoms with Gasteiger partial charge in [0.25, 0.3) is 0 Å². The smallest absolute Gasteiger partial charge is 0.346 e. The van der Waals surface area contributed by atoms with Crippen molar-refractivity contribution in [1.29, 1.82) is 0 Å². The molecule has 0 spiro atoms. The Kier molecular flexibility index (Phi) is 5.51. The number of halogens is 1. The van der Waals surface area contributed by atoms with E-state index in [-0.39, 0.29) is 5.75 Å². The summed E-state index contributed by atoms with van der Waals surface area (Å²) in [7, 11) is 1.28. The zero-order chi connectivity index (χ0) is 19.6. The third-order valence-corrected chi connectivity index (χ3v) is 4.70. The molecule has 0 aliphatic rings. The van der Waals surface area contributed by atoms with Crippen molar-refractivity contribution >= 4 is 28.5 Å². The van der Waals surface area contributed by atoms with E-state index in [1.165, 1.54) is 13.2 Å². The molecule has 0 amide bonds. The summed E-state index contributed by atoms with van der Waals surface area (Å²) in [4.78, 5) is 24.1. The van der Waals surface area contributed by atoms with Crippen molar-refractivity contribution in [3.63, 3.8) is 0 Å². The van der Waals surface area contributed by atoms with Gasteiger partial charge in [-0.25, -0.2) is 9.59 Å². The molecule has 2 aromatic carbocycles. The summed E-state index contributed by atoms with van der Waals surface area (Å²) in [6.07, 6.45) is -0.365. The molecule has 3 rings (SSSR count). The van der Waals surface area contributed by atoms with Crippen molar-refractivity contribution in [3.8, 4) is 5.75 Å². The van der Waals surface area contributed by atoms with Crippen molar-refractivity contribution < 1.29 is 18.7 Å². The van der Waals surface area contributed by atoms with E-state index in [2.05, 4.69) is 4.74 Å². The summed E-state index contributed by atoms with van der Waals surface area (Å²) >= 11 is 6.32. The van der Waals surface area contributed by atoms with E-state index in [0.29, 0.717) is 22.6 Å². The molecule has 27 heavy (non-hydrogen) atoms. The van der Waals surface area contributed by atoms with E-state index < -0.39 is 17.7 Å². The Morgan fingerprint density at radius 1 is 1.22 bits per heavy atom. The van der Waals surface area contributed by atoms with Gasteiger partial charge in [0.2, 0.25) is 0 Å². The Morgan fingerprint density at radius 3 is 2.59 bits per heavy atom. The zero-order valence-electron chi connectivity index (χ0n) is 15.2. The van der Waals surface area contributed by atoms with Crippen LogP contribution in [0.4, 0.5) is 0 Å². The average Bonchev–Trinajstić information content (AvgIpc) is 2.66. The lowest BCUT2D eigenvalue weighted by molar-refractivity contribution is -0.147. The van der Waals surface area contributed by atoms with Gasteiger partial charge in [-0.1, -0.05) is 41.9 Å². The topological polar surface area (TPSA) is 65.7 Å². The van der Waals surface area contributed by atoms with Crippen molar-refractivity contribution in [2.75, 3.05) is 7.11 Å². The first-order chi connectivity index (χ1) is 12.9. The molecule has 0 bridgehead atoms. The third kappa shape index (κ3) is 3.98. The predicted molar refractivity (Wildman–Crippen MR) is 104 cm³/mol. The fourth-order valence-corrected chi connectivity index (χ4v) is 3.10. The van der Waals surface area contributed by atoms with Gasteiger partial charge in [0, 0.05) is 23.4 Å². The number of hydrogen-bond donors (Lipinski definition) is 0. The second kappa shape index (κ2) is 7.84. The summed E-state index contributed by atoms with van der Waals surface area (Å²) in [5.74, 6) is -0.276. The van der Waals surface area contributed by atoms with Crippen molar-refractivity contribution in [2.45, 2.75) is 26.4 Å². The summed E-state index contributed by atoms with van der Waals surface area (Å²) < 4.78 is 15.7. The monoisotopic (exact) mass is 386 g/mol. The normalized spacial score (nSPS) is 12.0. The summed E-state index contributed by atoms with van der Waals surface area (Å²) in [6.45, 7) is 3.42. The number of carbonyl (C=O) groups is 1. The maximum atomic E-state index is 12.5. The lowest BCUT2D eigenvalue weighted by Crippen LogP contribution is -2.25. The first-order valence-corrected chi connectivity index (χ1v) is 8.82. The van der Waals surface area contributed by atoms with E-state index in [1.807, 2.05) is 37.3 Å². The number of aryl methyl sites for hydroxylation is 1. The fourth-order valence-electron chi connectivity index (χ4n) is 2.89. The summed E-state index contributed by atoms with van der Waals surface area (Å²) in [6, 6.07) is 12.9. The molecular formula is C21H19ClO5. The maximum absolute atomic E-state index is 12.5. The first-order valence-electron chi connectivity index (χ1n) is 8.45. The van der Waals surface area contributed by atoms with Crippen molar-refractivity contribution in [2.24, 2.45) is 0 Å². The van der Waals surface area contributed by atoms with Crippen molar-refractivity contribution in [1.82, 2.24) is 0 Å². The lowest BCUT2D eigenvalue weighted by Gasteiger charge is -2.15. The van der Waals surface area contributed by atoms with Gasteiger partial charge in [-0.15, -0.1) is 0 Å². The van der Waals surface area contributed by atoms with Crippen LogP contribution in [-0.2, 0) is 16.0 Å². The highest BCUT2D eigenvalue weighted by Gasteiger charge is 2.19. The molecule has 3 aromatic rings. The van der Waals surface area contributed by atoms with Gasteiger partial charge in [-0.2, -0.15) is 0 Å². The molecule has 5 nitrogen and oxygen atoms in total. The van der Waals surface area contributed by atoms with E-state index >= 15 is 0 Å². The van der Waals surface area contributed by atoms with Crippen LogP contribution in [0.2, 0.25) is 5.02 Å². The lowest BCUT2D eigenvalue weighted by atomic mass is 9.99. The quantitative estimate of drug-likeness (QED) is 0.483. The van der Waals surface area contributed by atoms with E-state index in [0.717, 1.165) is 16.5 Å². The molecule has 0 radical (unpaired) electrons. The van der Waals surface area contributed by atoms with Crippen LogP contribution in [0.5, 0.6) is 5.75 Å². The Morgan fingerprint density at radius 2 is 1.93 bits per heavy atom. The number of fused-ring (bicyclic) bond motifs is 1. The molecule has 0 aliphatic heterocycles. The number of rotatable bonds is 5. The molecule has 0 N–H and O–H groups in total. The molecular weight excluding hydrogens is 368 g/mol. The van der Waals surface area contributed by atoms with Gasteiger partial charge in [-0.3, -0.25) is 0 Å². The largest absolute Gasteiger partial charge is 0.477 e.